The first-order valence-electron chi connectivity index (χ1n) is 26.8. The van der Waals surface area contributed by atoms with Gasteiger partial charge in [0.1, 0.15) is 35.6 Å². The Kier molecular flexibility index (Phi) is 21.3. The van der Waals surface area contributed by atoms with Gasteiger partial charge in [0.05, 0.1) is 12.2 Å². The highest BCUT2D eigenvalue weighted by Gasteiger charge is 2.60. The predicted octanol–water partition coefficient (Wildman–Crippen LogP) is 6.14. The van der Waals surface area contributed by atoms with Crippen molar-refractivity contribution in [1.82, 2.24) is 0 Å². The minimum absolute atomic E-state index is 0.00441. The Morgan fingerprint density at radius 2 is 0.625 bits per heavy atom. The van der Waals surface area contributed by atoms with Crippen molar-refractivity contribution < 1.29 is 60.7 Å². The van der Waals surface area contributed by atoms with E-state index in [1.807, 2.05) is 24.3 Å². The lowest BCUT2D eigenvalue weighted by molar-refractivity contribution is -0.228. The van der Waals surface area contributed by atoms with Crippen molar-refractivity contribution in [3.63, 3.8) is 0 Å². The lowest BCUT2D eigenvalue weighted by Gasteiger charge is -2.47. The Labute approximate surface area is 467 Å². The first-order chi connectivity index (χ1) is 38.4. The van der Waals surface area contributed by atoms with Gasteiger partial charge in [-0.15, -0.1) is 0 Å². The molecule has 0 spiro atoms. The van der Waals surface area contributed by atoms with Crippen LogP contribution in [0.5, 0.6) is 0 Å². The molecule has 10 atom stereocenters. The zero-order valence-corrected chi connectivity index (χ0v) is 44.5. The fourth-order valence-electron chi connectivity index (χ4n) is 10.4. The topological polar surface area (TPSA) is 236 Å². The zero-order chi connectivity index (χ0) is 57.2. The number of benzene rings is 8. The van der Waals surface area contributed by atoms with E-state index < -0.39 is 70.6 Å². The number of carbonyl (C=O) groups is 2. The van der Waals surface area contributed by atoms with Crippen molar-refractivity contribution in [2.24, 2.45) is 0 Å². The molecular weight excluding hydrogens is 1010 g/mol. The van der Waals surface area contributed by atoms with Gasteiger partial charge in [-0.3, -0.25) is 9.59 Å². The Balaban J connectivity index is 0.000000231. The van der Waals surface area contributed by atoms with E-state index in [1.54, 1.807) is 218 Å². The summed E-state index contributed by atoms with van der Waals surface area (Å²) in [6.07, 6.45) is -12.7. The second-order valence-corrected chi connectivity index (χ2v) is 20.8. The highest BCUT2D eigenvalue weighted by Crippen LogP contribution is 2.38. The second-order valence-electron chi connectivity index (χ2n) is 20.8. The molecule has 12 nitrogen and oxygen atoms in total. The maximum Gasteiger partial charge on any atom is 0.172 e. The van der Waals surface area contributed by atoms with Crippen LogP contribution in [-0.4, -0.2) is 122 Å². The molecule has 2 unspecified atom stereocenters. The summed E-state index contributed by atoms with van der Waals surface area (Å²) >= 11 is 0. The molecule has 0 saturated carbocycles. The summed E-state index contributed by atoms with van der Waals surface area (Å²) in [6, 6.07) is 70.4. The molecule has 0 saturated heterocycles. The zero-order valence-electron chi connectivity index (χ0n) is 44.5. The van der Waals surface area contributed by atoms with Gasteiger partial charge in [0.2, 0.25) is 0 Å². The summed E-state index contributed by atoms with van der Waals surface area (Å²) in [6.45, 7) is 0. The average molecular weight is 1080 g/mol. The summed E-state index contributed by atoms with van der Waals surface area (Å²) in [5.41, 5.74) is -5.21. The van der Waals surface area contributed by atoms with E-state index in [2.05, 4.69) is 0 Å². The smallest absolute Gasteiger partial charge is 0.172 e. The van der Waals surface area contributed by atoms with E-state index in [4.69, 9.17) is 0 Å². The van der Waals surface area contributed by atoms with Gasteiger partial charge in [0.15, 0.2) is 22.8 Å². The minimum atomic E-state index is -2.58. The van der Waals surface area contributed by atoms with Crippen LogP contribution in [0, 0.1) is 0 Å². The highest BCUT2D eigenvalue weighted by atomic mass is 16.4. The van der Waals surface area contributed by atoms with Gasteiger partial charge in [-0.05, 0) is 44.5 Å². The third-order valence-electron chi connectivity index (χ3n) is 14.9. The van der Waals surface area contributed by atoms with Gasteiger partial charge < -0.3 is 51.1 Å². The summed E-state index contributed by atoms with van der Waals surface area (Å²) in [4.78, 5) is 27.8. The molecule has 12 heteroatoms. The van der Waals surface area contributed by atoms with Crippen LogP contribution >= 0.6 is 0 Å². The molecular formula is C68H72O12. The van der Waals surface area contributed by atoms with Crippen LogP contribution < -0.4 is 0 Å². The van der Waals surface area contributed by atoms with Crippen LogP contribution in [-0.2, 0) is 61.0 Å². The number of hydrogen-bond acceptors (Lipinski definition) is 12. The van der Waals surface area contributed by atoms with Crippen molar-refractivity contribution in [3.8, 4) is 0 Å². The van der Waals surface area contributed by atoms with Crippen LogP contribution in [0.15, 0.2) is 243 Å². The van der Waals surface area contributed by atoms with Gasteiger partial charge >= 0.3 is 0 Å². The fraction of sp³-hybridized carbons (Fsp3) is 0.265. The Morgan fingerprint density at radius 1 is 0.325 bits per heavy atom. The van der Waals surface area contributed by atoms with Gasteiger partial charge in [-0.25, -0.2) is 0 Å². The van der Waals surface area contributed by atoms with Crippen LogP contribution in [0.3, 0.4) is 0 Å². The molecule has 0 amide bonds. The number of ketones is 2. The molecule has 0 aliphatic heterocycles. The molecule has 10 N–H and O–H groups in total. The maximum atomic E-state index is 14.0. The van der Waals surface area contributed by atoms with Crippen molar-refractivity contribution in [3.05, 3.63) is 287 Å². The van der Waals surface area contributed by atoms with E-state index >= 15 is 0 Å². The SMILES string of the molecule is O=C(Cc1ccccc1)[C@@](O)(Cc1ccccc1)[C@@H](O)[C@@](O)(Cc1ccccc1)[C@H](O)C(O)Cc1ccccc1.O=C(Cc1ccccc1)[C@@](O)(Cc1ccccc1)[C@](O)(Cc1ccccc1)[C@H](O)[C@H](O)C(O)Cc1ccccc1. The Hall–Kier alpha value is -7.30. The molecule has 80 heavy (non-hydrogen) atoms. The summed E-state index contributed by atoms with van der Waals surface area (Å²) in [7, 11) is 0. The van der Waals surface area contributed by atoms with Crippen LogP contribution in [0.1, 0.15) is 44.5 Å². The largest absolute Gasteiger partial charge is 0.390 e. The lowest BCUT2D eigenvalue weighted by Crippen LogP contribution is -2.70. The molecule has 0 aliphatic rings. The molecule has 0 heterocycles. The van der Waals surface area contributed by atoms with Crippen molar-refractivity contribution in [2.75, 3.05) is 0 Å². The number of aliphatic hydroxyl groups excluding tert-OH is 6. The summed E-state index contributed by atoms with van der Waals surface area (Å²) in [5.74, 6) is -1.43. The summed E-state index contributed by atoms with van der Waals surface area (Å²) in [5, 5.41) is 117. The molecule has 0 aromatic heterocycles. The van der Waals surface area contributed by atoms with Gasteiger partial charge in [-0.2, -0.15) is 0 Å². The van der Waals surface area contributed by atoms with Crippen LogP contribution in [0.25, 0.3) is 0 Å². The Bertz CT molecular complexity index is 3090. The first kappa shape index (κ1) is 60.3. The number of rotatable bonds is 26. The molecule has 8 aromatic rings. The van der Waals surface area contributed by atoms with Crippen LogP contribution in [0.2, 0.25) is 0 Å². The fourth-order valence-corrected chi connectivity index (χ4v) is 10.4. The van der Waals surface area contributed by atoms with E-state index in [1.165, 1.54) is 0 Å². The van der Waals surface area contributed by atoms with Crippen molar-refractivity contribution in [1.29, 1.82) is 0 Å². The molecule has 0 bridgehead atoms. The predicted molar refractivity (Wildman–Crippen MR) is 307 cm³/mol. The molecule has 416 valence electrons. The van der Waals surface area contributed by atoms with E-state index in [0.29, 0.717) is 44.5 Å². The number of aliphatic hydroxyl groups is 10. The Morgan fingerprint density at radius 3 is 1.01 bits per heavy atom. The lowest BCUT2D eigenvalue weighted by atomic mass is 9.67. The molecule has 8 rings (SSSR count). The average Bonchev–Trinajstić information content (AvgIpc) is 3.57. The summed E-state index contributed by atoms with van der Waals surface area (Å²) < 4.78 is 0. The third kappa shape index (κ3) is 15.3. The van der Waals surface area contributed by atoms with E-state index in [-0.39, 0.29) is 51.4 Å². The number of hydrogen-bond donors (Lipinski definition) is 10. The molecule has 0 aliphatic carbocycles. The van der Waals surface area contributed by atoms with Gasteiger partial charge in [0.25, 0.3) is 0 Å². The normalized spacial score (nSPS) is 16.7. The third-order valence-corrected chi connectivity index (χ3v) is 14.9. The van der Waals surface area contributed by atoms with Crippen molar-refractivity contribution in [2.45, 2.75) is 110 Å². The minimum Gasteiger partial charge on any atom is -0.390 e. The van der Waals surface area contributed by atoms with Crippen LogP contribution in [0.4, 0.5) is 0 Å². The van der Waals surface area contributed by atoms with Crippen molar-refractivity contribution >= 4 is 11.6 Å². The molecule has 8 aromatic carbocycles. The van der Waals surface area contributed by atoms with E-state index in [9.17, 15) is 60.7 Å². The maximum absolute atomic E-state index is 14.0. The first-order valence-corrected chi connectivity index (χ1v) is 26.8. The molecule has 0 fully saturated rings. The van der Waals surface area contributed by atoms with E-state index in [0.717, 1.165) is 0 Å². The highest BCUT2D eigenvalue weighted by molar-refractivity contribution is 5.91. The monoisotopic (exact) mass is 1080 g/mol. The molecule has 0 radical (unpaired) electrons. The number of Topliss-reactive ketones (excluding diaryl/α,β-unsaturated/α-hetero) is 2. The quantitative estimate of drug-likeness (QED) is 0.0295. The van der Waals surface area contributed by atoms with Gasteiger partial charge in [0, 0.05) is 51.4 Å². The van der Waals surface area contributed by atoms with Gasteiger partial charge in [-0.1, -0.05) is 243 Å². The standard InChI is InChI=1S/2C34H36O6/c35-29(21-25-13-5-1-6-14-25)31(37)34(40,24-28-19-11-4-12-20-28)32(38)33(39,23-27-17-9-3-10-18-27)30(36)22-26-15-7-2-8-16-26;35-29(21-25-13-5-1-6-14-25)31(37)32(38)34(40,24-28-19-11-4-12-20-28)33(39,23-27-17-9-3-10-18-27)30(36)22-26-15-7-2-8-16-26/h2*1-20,29,31-32,35,37-40H,21-24H2/t29?,31-,32-,33+,34-;29?,31-,32-,33+,34+/m11/s1. The number of carbonyl (C=O) groups excluding carboxylic acids is 2. The second kappa shape index (κ2) is 28.2.